The molecule has 1 aromatic heterocycles. The predicted octanol–water partition coefficient (Wildman–Crippen LogP) is 0.443. The number of nitrogens with zero attached hydrogens (tertiary/aromatic N) is 3. The van der Waals surface area contributed by atoms with Crippen LogP contribution in [0.15, 0.2) is 18.2 Å². The summed E-state index contributed by atoms with van der Waals surface area (Å²) in [5.41, 5.74) is 5.92. The maximum atomic E-state index is 12.9. The van der Waals surface area contributed by atoms with Crippen molar-refractivity contribution >= 4 is 5.95 Å². The average Bonchev–Trinajstić information content (AvgIpc) is 2.55. The van der Waals surface area contributed by atoms with Crippen LogP contribution in [-0.2, 0) is 6.42 Å². The number of hydrogen-bond acceptors (Lipinski definition) is 4. The van der Waals surface area contributed by atoms with E-state index in [1.807, 2.05) is 0 Å². The molecule has 0 radical (unpaired) electrons. The summed E-state index contributed by atoms with van der Waals surface area (Å²) in [5.74, 6) is 4.16. The molecule has 0 atom stereocenters. The Balaban J connectivity index is 2.27. The fourth-order valence-corrected chi connectivity index (χ4v) is 1.29. The molecule has 0 spiro atoms. The highest BCUT2D eigenvalue weighted by molar-refractivity contribution is 5.24. The predicted molar refractivity (Wildman–Crippen MR) is 53.7 cm³/mol. The molecule has 4 N–H and O–H groups in total. The quantitative estimate of drug-likeness (QED) is 0.726. The fraction of sp³-hybridized carbons (Fsp3) is 0.111. The largest absolute Gasteiger partial charge is 0.366 e. The van der Waals surface area contributed by atoms with Crippen LogP contribution in [0, 0.1) is 11.6 Å². The Kier molecular flexibility index (Phi) is 2.43. The van der Waals surface area contributed by atoms with Crippen LogP contribution >= 0.6 is 0 Å². The summed E-state index contributed by atoms with van der Waals surface area (Å²) < 4.78 is 26.7. The fourth-order valence-electron chi connectivity index (χ4n) is 1.29. The summed E-state index contributed by atoms with van der Waals surface area (Å²) in [4.78, 5) is 0. The van der Waals surface area contributed by atoms with Crippen LogP contribution in [0.2, 0.25) is 0 Å². The summed E-state index contributed by atoms with van der Waals surface area (Å²) in [6, 6.07) is 3.58. The lowest BCUT2D eigenvalue weighted by Crippen LogP contribution is -2.15. The van der Waals surface area contributed by atoms with Gasteiger partial charge < -0.3 is 11.6 Å². The van der Waals surface area contributed by atoms with Crippen LogP contribution in [0.25, 0.3) is 0 Å². The van der Waals surface area contributed by atoms with Crippen molar-refractivity contribution in [3.05, 3.63) is 41.2 Å². The second-order valence-electron chi connectivity index (χ2n) is 3.27. The van der Waals surface area contributed by atoms with Gasteiger partial charge in [-0.1, -0.05) is 6.07 Å². The van der Waals surface area contributed by atoms with Gasteiger partial charge in [0.15, 0.2) is 17.5 Å². The first-order valence-electron chi connectivity index (χ1n) is 4.46. The summed E-state index contributed by atoms with van der Waals surface area (Å²) in [6.45, 7) is 0. The molecule has 1 aromatic carbocycles. The average molecular weight is 225 g/mol. The van der Waals surface area contributed by atoms with Gasteiger partial charge in [0, 0.05) is 6.42 Å². The van der Waals surface area contributed by atoms with E-state index in [-0.39, 0.29) is 12.4 Å². The molecule has 5 nitrogen and oxygen atoms in total. The first-order chi connectivity index (χ1) is 7.58. The Morgan fingerprint density at radius 1 is 1.19 bits per heavy atom. The van der Waals surface area contributed by atoms with E-state index in [2.05, 4.69) is 10.2 Å². The molecule has 0 saturated heterocycles. The standard InChI is InChI=1S/C9H9F2N5/c10-6-2-1-5(3-7(6)11)4-8-14-15-9(12)16(8)13/h1-3H,4,13H2,(H2,12,15). The van der Waals surface area contributed by atoms with Crippen molar-refractivity contribution in [2.45, 2.75) is 6.42 Å². The van der Waals surface area contributed by atoms with E-state index in [1.54, 1.807) is 0 Å². The SMILES string of the molecule is Nc1nnc(Cc2ccc(F)c(F)c2)n1N. The lowest BCUT2D eigenvalue weighted by Gasteiger charge is -2.02. The highest BCUT2D eigenvalue weighted by Gasteiger charge is 2.09. The molecule has 2 rings (SSSR count). The van der Waals surface area contributed by atoms with Crippen LogP contribution in [0.5, 0.6) is 0 Å². The zero-order valence-electron chi connectivity index (χ0n) is 8.19. The normalized spacial score (nSPS) is 10.6. The van der Waals surface area contributed by atoms with Gasteiger partial charge in [-0.3, -0.25) is 0 Å². The van der Waals surface area contributed by atoms with E-state index in [0.29, 0.717) is 11.4 Å². The molecule has 0 aliphatic rings. The summed E-state index contributed by atoms with van der Waals surface area (Å²) in [6.07, 6.45) is 0.234. The van der Waals surface area contributed by atoms with Crippen LogP contribution in [0.4, 0.5) is 14.7 Å². The zero-order chi connectivity index (χ0) is 11.7. The first kappa shape index (κ1) is 10.3. The summed E-state index contributed by atoms with van der Waals surface area (Å²) in [7, 11) is 0. The minimum Gasteiger partial charge on any atom is -0.366 e. The zero-order valence-corrected chi connectivity index (χ0v) is 8.19. The van der Waals surface area contributed by atoms with Gasteiger partial charge in [-0.25, -0.2) is 13.5 Å². The number of benzene rings is 1. The number of rotatable bonds is 2. The Morgan fingerprint density at radius 3 is 2.50 bits per heavy atom. The van der Waals surface area contributed by atoms with Crippen molar-refractivity contribution in [2.24, 2.45) is 0 Å². The highest BCUT2D eigenvalue weighted by Crippen LogP contribution is 2.12. The molecule has 2 aromatic rings. The molecular formula is C9H9F2N5. The lowest BCUT2D eigenvalue weighted by molar-refractivity contribution is 0.507. The maximum Gasteiger partial charge on any atom is 0.240 e. The number of anilines is 1. The number of nitrogen functional groups attached to an aromatic ring is 2. The van der Waals surface area contributed by atoms with Crippen molar-refractivity contribution < 1.29 is 8.78 Å². The van der Waals surface area contributed by atoms with Crippen LogP contribution in [0.1, 0.15) is 11.4 Å². The van der Waals surface area contributed by atoms with E-state index < -0.39 is 11.6 Å². The Hall–Kier alpha value is -2.18. The molecule has 0 bridgehead atoms. The van der Waals surface area contributed by atoms with Gasteiger partial charge in [0.05, 0.1) is 0 Å². The first-order valence-corrected chi connectivity index (χ1v) is 4.46. The van der Waals surface area contributed by atoms with Crippen LogP contribution in [0.3, 0.4) is 0 Å². The molecule has 84 valence electrons. The minimum atomic E-state index is -0.909. The molecule has 0 amide bonds. The van der Waals surface area contributed by atoms with E-state index in [4.69, 9.17) is 11.6 Å². The van der Waals surface area contributed by atoms with Crippen LogP contribution in [-0.4, -0.2) is 14.9 Å². The van der Waals surface area contributed by atoms with Gasteiger partial charge in [-0.05, 0) is 17.7 Å². The van der Waals surface area contributed by atoms with Gasteiger partial charge >= 0.3 is 0 Å². The molecule has 0 aliphatic carbocycles. The maximum absolute atomic E-state index is 12.9. The van der Waals surface area contributed by atoms with Gasteiger partial charge in [0.2, 0.25) is 5.95 Å². The third-order valence-corrected chi connectivity index (χ3v) is 2.14. The molecule has 0 unspecified atom stereocenters. The van der Waals surface area contributed by atoms with Crippen molar-refractivity contribution in [3.8, 4) is 0 Å². The lowest BCUT2D eigenvalue weighted by atomic mass is 10.1. The smallest absolute Gasteiger partial charge is 0.240 e. The van der Waals surface area contributed by atoms with Gasteiger partial charge in [-0.2, -0.15) is 0 Å². The Morgan fingerprint density at radius 2 is 1.94 bits per heavy atom. The van der Waals surface area contributed by atoms with Gasteiger partial charge in [0.1, 0.15) is 0 Å². The Bertz CT molecular complexity index is 523. The third kappa shape index (κ3) is 1.79. The topological polar surface area (TPSA) is 82.8 Å². The number of halogens is 2. The van der Waals surface area contributed by atoms with E-state index in [1.165, 1.54) is 6.07 Å². The molecule has 0 saturated carbocycles. The third-order valence-electron chi connectivity index (χ3n) is 2.14. The van der Waals surface area contributed by atoms with E-state index in [0.717, 1.165) is 16.8 Å². The monoisotopic (exact) mass is 225 g/mol. The van der Waals surface area contributed by atoms with Crippen molar-refractivity contribution in [1.29, 1.82) is 0 Å². The minimum absolute atomic E-state index is 0.0672. The number of nitrogens with two attached hydrogens (primary N) is 2. The second-order valence-corrected chi connectivity index (χ2v) is 3.27. The summed E-state index contributed by atoms with van der Waals surface area (Å²) in [5, 5.41) is 7.26. The molecule has 0 aliphatic heterocycles. The molecule has 16 heavy (non-hydrogen) atoms. The summed E-state index contributed by atoms with van der Waals surface area (Å²) >= 11 is 0. The van der Waals surface area contributed by atoms with Crippen LogP contribution < -0.4 is 11.6 Å². The van der Waals surface area contributed by atoms with Crippen molar-refractivity contribution in [2.75, 3.05) is 11.6 Å². The molecule has 1 heterocycles. The molecule has 7 heteroatoms. The van der Waals surface area contributed by atoms with Gasteiger partial charge in [-0.15, -0.1) is 10.2 Å². The molecule has 0 fully saturated rings. The van der Waals surface area contributed by atoms with E-state index >= 15 is 0 Å². The van der Waals surface area contributed by atoms with E-state index in [9.17, 15) is 8.78 Å². The van der Waals surface area contributed by atoms with Crippen molar-refractivity contribution in [3.63, 3.8) is 0 Å². The molecular weight excluding hydrogens is 216 g/mol. The second kappa shape index (κ2) is 3.76. The van der Waals surface area contributed by atoms with Gasteiger partial charge in [0.25, 0.3) is 0 Å². The number of aromatic nitrogens is 3. The number of hydrogen-bond donors (Lipinski definition) is 2. The Labute approximate surface area is 89.7 Å². The van der Waals surface area contributed by atoms with Crippen molar-refractivity contribution in [1.82, 2.24) is 14.9 Å². The highest BCUT2D eigenvalue weighted by atomic mass is 19.2.